The van der Waals surface area contributed by atoms with Gasteiger partial charge in [-0.3, -0.25) is 14.4 Å². The van der Waals surface area contributed by atoms with Crippen LogP contribution in [0.3, 0.4) is 0 Å². The Morgan fingerprint density at radius 3 is 1.89 bits per heavy atom. The van der Waals surface area contributed by atoms with Gasteiger partial charge in [0.2, 0.25) is 17.7 Å². The van der Waals surface area contributed by atoms with E-state index in [0.717, 1.165) is 5.56 Å². The Bertz CT molecular complexity index is 869. The first-order valence-corrected chi connectivity index (χ1v) is 14.4. The third-order valence-corrected chi connectivity index (χ3v) is 6.73. The number of nitrogens with one attached hydrogen (secondary N) is 3. The third kappa shape index (κ3) is 11.1. The lowest BCUT2D eigenvalue weighted by atomic mass is 10.0. The molecule has 0 aliphatic rings. The lowest BCUT2D eigenvalue weighted by Crippen LogP contribution is -2.58. The van der Waals surface area contributed by atoms with Crippen molar-refractivity contribution in [3.63, 3.8) is 0 Å². The molecule has 4 unspecified atom stereocenters. The van der Waals surface area contributed by atoms with Crippen molar-refractivity contribution in [3.8, 4) is 5.75 Å². The van der Waals surface area contributed by atoms with Crippen molar-refractivity contribution in [2.75, 3.05) is 24.0 Å². The van der Waals surface area contributed by atoms with E-state index in [-0.39, 0.29) is 24.5 Å². The maximum Gasteiger partial charge on any atom is 0.326 e. The summed E-state index contributed by atoms with van der Waals surface area (Å²) in [5, 5.41) is 26.7. The second kappa shape index (κ2) is 16.3. The lowest BCUT2D eigenvalue weighted by Gasteiger charge is -2.27. The Labute approximate surface area is 220 Å². The molecule has 0 aliphatic carbocycles. The molecule has 0 heterocycles. The van der Waals surface area contributed by atoms with Crippen molar-refractivity contribution in [1.29, 1.82) is 0 Å². The molecule has 0 saturated heterocycles. The molecule has 1 aromatic carbocycles. The molecule has 0 aromatic heterocycles. The van der Waals surface area contributed by atoms with E-state index in [0.29, 0.717) is 17.9 Å². The van der Waals surface area contributed by atoms with E-state index in [2.05, 4.69) is 16.0 Å². The van der Waals surface area contributed by atoms with Gasteiger partial charge in [-0.25, -0.2) is 4.79 Å². The van der Waals surface area contributed by atoms with Gasteiger partial charge in [-0.2, -0.15) is 23.5 Å². The Morgan fingerprint density at radius 2 is 1.39 bits per heavy atom. The number of rotatable bonds is 16. The van der Waals surface area contributed by atoms with Crippen LogP contribution in [0.5, 0.6) is 5.75 Å². The third-order valence-electron chi connectivity index (χ3n) is 5.44. The van der Waals surface area contributed by atoms with Crippen molar-refractivity contribution in [2.24, 2.45) is 11.7 Å². The molecule has 36 heavy (non-hydrogen) atoms. The Kier molecular flexibility index (Phi) is 14.3. The number of carboxylic acid groups (broad SMARTS) is 1. The van der Waals surface area contributed by atoms with Crippen molar-refractivity contribution < 1.29 is 29.4 Å². The Hall–Kier alpha value is -2.44. The van der Waals surface area contributed by atoms with Gasteiger partial charge in [0.15, 0.2) is 0 Å². The number of carbonyl (C=O) groups excluding carboxylic acids is 3. The predicted octanol–water partition coefficient (Wildman–Crippen LogP) is 0.963. The van der Waals surface area contributed by atoms with Crippen LogP contribution < -0.4 is 21.7 Å². The van der Waals surface area contributed by atoms with E-state index in [1.165, 1.54) is 35.7 Å². The summed E-state index contributed by atoms with van der Waals surface area (Å²) in [6, 6.07) is 2.45. The molecule has 3 amide bonds. The fourth-order valence-electron chi connectivity index (χ4n) is 3.31. The number of benzene rings is 1. The van der Waals surface area contributed by atoms with Gasteiger partial charge in [-0.15, -0.1) is 0 Å². The summed E-state index contributed by atoms with van der Waals surface area (Å²) in [5.41, 5.74) is 6.81. The first-order valence-electron chi connectivity index (χ1n) is 11.6. The number of aliphatic carboxylic acids is 1. The fourth-order valence-corrected chi connectivity index (χ4v) is 4.25. The minimum absolute atomic E-state index is 0.105. The molecule has 0 aliphatic heterocycles. The largest absolute Gasteiger partial charge is 0.508 e. The van der Waals surface area contributed by atoms with Crippen LogP contribution in [0.2, 0.25) is 0 Å². The van der Waals surface area contributed by atoms with Crippen LogP contribution in [0, 0.1) is 5.92 Å². The summed E-state index contributed by atoms with van der Waals surface area (Å²) < 4.78 is 0. The van der Waals surface area contributed by atoms with E-state index in [4.69, 9.17) is 5.73 Å². The van der Waals surface area contributed by atoms with Crippen LogP contribution >= 0.6 is 23.5 Å². The number of carboxylic acids is 1. The monoisotopic (exact) mass is 542 g/mol. The molecule has 1 aromatic rings. The molecule has 0 fully saturated rings. The molecule has 4 atom stereocenters. The van der Waals surface area contributed by atoms with Gasteiger partial charge in [0.1, 0.15) is 23.9 Å². The maximum atomic E-state index is 13.1. The highest BCUT2D eigenvalue weighted by molar-refractivity contribution is 7.98. The van der Waals surface area contributed by atoms with Gasteiger partial charge in [-0.05, 0) is 66.9 Å². The van der Waals surface area contributed by atoms with E-state index in [9.17, 15) is 29.4 Å². The average molecular weight is 543 g/mol. The van der Waals surface area contributed by atoms with Crippen LogP contribution in [0.4, 0.5) is 0 Å². The molecule has 1 rings (SSSR count). The number of aromatic hydroxyl groups is 1. The van der Waals surface area contributed by atoms with Crippen LogP contribution in [-0.2, 0) is 25.6 Å². The van der Waals surface area contributed by atoms with Crippen molar-refractivity contribution in [2.45, 2.75) is 57.3 Å². The first kappa shape index (κ1) is 31.6. The Morgan fingerprint density at radius 1 is 0.861 bits per heavy atom. The minimum Gasteiger partial charge on any atom is -0.508 e. The second-order valence-electron chi connectivity index (χ2n) is 8.73. The standard InChI is InChI=1S/C24H38N4O6S2/c1-14(2)20(23(32)27-19(24(33)34)10-12-36-4)28-22(31)18(9-11-35-3)26-21(30)17(25)13-15-5-7-16(29)8-6-15/h5-8,14,17-20,29H,9-13,25H2,1-4H3,(H,26,30)(H,27,32)(H,28,31)(H,33,34). The molecule has 0 radical (unpaired) electrons. The van der Waals surface area contributed by atoms with Gasteiger partial charge >= 0.3 is 5.97 Å². The van der Waals surface area contributed by atoms with E-state index >= 15 is 0 Å². The molecule has 0 bridgehead atoms. The van der Waals surface area contributed by atoms with Gasteiger partial charge < -0.3 is 31.9 Å². The SMILES string of the molecule is CSCCC(NC(=O)C(NC(=O)C(CCSC)NC(=O)C(N)Cc1ccc(O)cc1)C(C)C)C(=O)O. The highest BCUT2D eigenvalue weighted by atomic mass is 32.2. The van der Waals surface area contributed by atoms with Crippen LogP contribution in [0.15, 0.2) is 24.3 Å². The Balaban J connectivity index is 2.89. The van der Waals surface area contributed by atoms with Crippen molar-refractivity contribution >= 4 is 47.2 Å². The zero-order chi connectivity index (χ0) is 27.3. The summed E-state index contributed by atoms with van der Waals surface area (Å²) in [5.74, 6) is -1.86. The topological polar surface area (TPSA) is 171 Å². The van der Waals surface area contributed by atoms with E-state index < -0.39 is 47.9 Å². The lowest BCUT2D eigenvalue weighted by molar-refractivity contribution is -0.142. The smallest absolute Gasteiger partial charge is 0.326 e. The number of phenolic OH excluding ortho intramolecular Hbond substituents is 1. The van der Waals surface area contributed by atoms with E-state index in [1.54, 1.807) is 26.0 Å². The number of phenols is 1. The summed E-state index contributed by atoms with van der Waals surface area (Å²) in [7, 11) is 0. The van der Waals surface area contributed by atoms with Crippen LogP contribution in [0.1, 0.15) is 32.3 Å². The predicted molar refractivity (Wildman–Crippen MR) is 144 cm³/mol. The van der Waals surface area contributed by atoms with Gasteiger partial charge in [0, 0.05) is 0 Å². The fraction of sp³-hybridized carbons (Fsp3) is 0.583. The molecule has 0 saturated carbocycles. The zero-order valence-corrected chi connectivity index (χ0v) is 22.8. The van der Waals surface area contributed by atoms with E-state index in [1.807, 2.05) is 12.5 Å². The number of hydrogen-bond donors (Lipinski definition) is 6. The summed E-state index contributed by atoms with van der Waals surface area (Å²) >= 11 is 2.98. The number of nitrogens with two attached hydrogens (primary N) is 1. The average Bonchev–Trinajstić information content (AvgIpc) is 2.83. The van der Waals surface area contributed by atoms with Crippen LogP contribution in [-0.4, -0.2) is 82.1 Å². The quantitative estimate of drug-likeness (QED) is 0.178. The highest BCUT2D eigenvalue weighted by Crippen LogP contribution is 2.12. The van der Waals surface area contributed by atoms with Crippen molar-refractivity contribution in [1.82, 2.24) is 16.0 Å². The van der Waals surface area contributed by atoms with Gasteiger partial charge in [0.25, 0.3) is 0 Å². The molecule has 0 spiro atoms. The van der Waals surface area contributed by atoms with Crippen molar-refractivity contribution in [3.05, 3.63) is 29.8 Å². The summed E-state index contributed by atoms with van der Waals surface area (Å²) in [4.78, 5) is 50.3. The summed E-state index contributed by atoms with van der Waals surface area (Å²) in [6.07, 6.45) is 4.51. The van der Waals surface area contributed by atoms with Gasteiger partial charge in [0.05, 0.1) is 6.04 Å². The first-order chi connectivity index (χ1) is 17.0. The minimum atomic E-state index is -1.14. The maximum absolute atomic E-state index is 13.1. The summed E-state index contributed by atoms with van der Waals surface area (Å²) in [6.45, 7) is 3.48. The highest BCUT2D eigenvalue weighted by Gasteiger charge is 2.31. The van der Waals surface area contributed by atoms with Crippen LogP contribution in [0.25, 0.3) is 0 Å². The number of hydrogen-bond acceptors (Lipinski definition) is 8. The number of carbonyl (C=O) groups is 4. The second-order valence-corrected chi connectivity index (χ2v) is 10.7. The molecule has 7 N–H and O–H groups in total. The number of amides is 3. The normalized spacial score (nSPS) is 14.4. The molecular weight excluding hydrogens is 504 g/mol. The molecule has 12 heteroatoms. The zero-order valence-electron chi connectivity index (χ0n) is 21.2. The molecular formula is C24H38N4O6S2. The number of thioether (sulfide) groups is 2. The van der Waals surface area contributed by atoms with Gasteiger partial charge in [-0.1, -0.05) is 26.0 Å². The molecule has 202 valence electrons. The molecule has 10 nitrogen and oxygen atoms in total.